The molecule has 1 fully saturated rings. The highest BCUT2D eigenvalue weighted by atomic mass is 16.7. The Morgan fingerprint density at radius 1 is 1.04 bits per heavy atom. The van der Waals surface area contributed by atoms with Gasteiger partial charge in [-0.1, -0.05) is 6.07 Å². The monoisotopic (exact) mass is 341 g/mol. The van der Waals surface area contributed by atoms with E-state index in [0.717, 1.165) is 49.2 Å². The fraction of sp³-hybridized carbons (Fsp3) is 0.421. The molecule has 1 aromatic heterocycles. The van der Waals surface area contributed by atoms with Crippen molar-refractivity contribution in [2.75, 3.05) is 45.0 Å². The van der Waals surface area contributed by atoms with Gasteiger partial charge in [0.05, 0.1) is 13.3 Å². The largest absolute Gasteiger partial charge is 0.495 e. The highest BCUT2D eigenvalue weighted by molar-refractivity contribution is 5.45. The Morgan fingerprint density at radius 3 is 2.56 bits per heavy atom. The maximum Gasteiger partial charge on any atom is 0.231 e. The zero-order chi connectivity index (χ0) is 17.2. The summed E-state index contributed by atoms with van der Waals surface area (Å²) in [7, 11) is 1.66. The smallest absolute Gasteiger partial charge is 0.231 e. The topological polar surface area (TPSA) is 47.1 Å². The lowest BCUT2D eigenvalue weighted by Crippen LogP contribution is -2.47. The maximum absolute atomic E-state index is 5.50. The summed E-state index contributed by atoms with van der Waals surface area (Å²) in [5.74, 6) is 3.49. The zero-order valence-corrected chi connectivity index (χ0v) is 14.6. The van der Waals surface area contributed by atoms with Gasteiger partial charge in [0.15, 0.2) is 11.5 Å². The van der Waals surface area contributed by atoms with E-state index in [9.17, 15) is 0 Å². The minimum atomic E-state index is 0.320. The Bertz CT molecular complexity index is 727. The predicted octanol–water partition coefficient (Wildman–Crippen LogP) is 2.70. The number of rotatable bonds is 4. The second-order valence-corrected chi connectivity index (χ2v) is 6.37. The molecule has 4 rings (SSSR count). The molecule has 0 radical (unpaired) electrons. The van der Waals surface area contributed by atoms with E-state index in [1.54, 1.807) is 13.3 Å². The fourth-order valence-corrected chi connectivity index (χ4v) is 3.40. The number of anilines is 1. The summed E-state index contributed by atoms with van der Waals surface area (Å²) in [6, 6.07) is 10.6. The molecule has 1 atom stereocenters. The third-order valence-electron chi connectivity index (χ3n) is 5.02. The van der Waals surface area contributed by atoms with E-state index in [1.807, 2.05) is 18.2 Å². The first-order chi connectivity index (χ1) is 12.2. The van der Waals surface area contributed by atoms with Crippen molar-refractivity contribution >= 4 is 5.82 Å². The van der Waals surface area contributed by atoms with Gasteiger partial charge in [-0.15, -0.1) is 0 Å². The van der Waals surface area contributed by atoms with Gasteiger partial charge in [0.2, 0.25) is 6.79 Å². The average Bonchev–Trinajstić information content (AvgIpc) is 3.15. The first-order valence-corrected chi connectivity index (χ1v) is 8.63. The van der Waals surface area contributed by atoms with Crippen LogP contribution in [0.1, 0.15) is 18.5 Å². The first-order valence-electron chi connectivity index (χ1n) is 8.63. The molecule has 0 unspecified atom stereocenters. The van der Waals surface area contributed by atoms with Crippen molar-refractivity contribution in [2.24, 2.45) is 0 Å². The molecule has 6 nitrogen and oxygen atoms in total. The van der Waals surface area contributed by atoms with Gasteiger partial charge in [0, 0.05) is 32.2 Å². The van der Waals surface area contributed by atoms with Crippen LogP contribution < -0.4 is 19.1 Å². The number of ether oxygens (including phenoxy) is 3. The van der Waals surface area contributed by atoms with Gasteiger partial charge in [-0.3, -0.25) is 4.90 Å². The third-order valence-corrected chi connectivity index (χ3v) is 5.02. The Labute approximate surface area is 147 Å². The van der Waals surface area contributed by atoms with Crippen LogP contribution in [0.3, 0.4) is 0 Å². The Morgan fingerprint density at radius 2 is 1.84 bits per heavy atom. The molecule has 2 aliphatic rings. The van der Waals surface area contributed by atoms with Crippen molar-refractivity contribution in [3.63, 3.8) is 0 Å². The maximum atomic E-state index is 5.50. The lowest BCUT2D eigenvalue weighted by Gasteiger charge is -2.38. The van der Waals surface area contributed by atoms with E-state index in [1.165, 1.54) is 5.56 Å². The van der Waals surface area contributed by atoms with Crippen LogP contribution in [0.4, 0.5) is 5.82 Å². The molecule has 132 valence electrons. The van der Waals surface area contributed by atoms with Crippen LogP contribution in [-0.2, 0) is 0 Å². The van der Waals surface area contributed by atoms with Crippen molar-refractivity contribution in [2.45, 2.75) is 13.0 Å². The van der Waals surface area contributed by atoms with Crippen LogP contribution in [0, 0.1) is 0 Å². The number of hydrogen-bond donors (Lipinski definition) is 0. The Balaban J connectivity index is 1.39. The van der Waals surface area contributed by atoms with Crippen LogP contribution in [-0.4, -0.2) is 50.0 Å². The predicted molar refractivity (Wildman–Crippen MR) is 95.6 cm³/mol. The SMILES string of the molecule is COc1ccc(N2CCN([C@@H](C)c3ccc4c(c3)OCO4)CC2)nc1. The van der Waals surface area contributed by atoms with Crippen LogP contribution in [0.2, 0.25) is 0 Å². The molecule has 6 heteroatoms. The van der Waals surface area contributed by atoms with Crippen molar-refractivity contribution in [1.29, 1.82) is 0 Å². The number of piperazine rings is 1. The quantitative estimate of drug-likeness (QED) is 0.852. The molecule has 0 bridgehead atoms. The fourth-order valence-electron chi connectivity index (χ4n) is 3.40. The molecule has 3 heterocycles. The molecule has 0 spiro atoms. The molecule has 2 aromatic rings. The minimum absolute atomic E-state index is 0.320. The van der Waals surface area contributed by atoms with Crippen LogP contribution in [0.5, 0.6) is 17.2 Å². The second kappa shape index (κ2) is 6.80. The van der Waals surface area contributed by atoms with E-state index >= 15 is 0 Å². The van der Waals surface area contributed by atoms with E-state index in [-0.39, 0.29) is 0 Å². The lowest BCUT2D eigenvalue weighted by molar-refractivity contribution is 0.173. The average molecular weight is 341 g/mol. The molecule has 0 aliphatic carbocycles. The van der Waals surface area contributed by atoms with Crippen LogP contribution in [0.15, 0.2) is 36.5 Å². The van der Waals surface area contributed by atoms with Gasteiger partial charge >= 0.3 is 0 Å². The standard InChI is InChI=1S/C19H23N3O3/c1-14(15-3-5-17-18(11-15)25-13-24-17)21-7-9-22(10-8-21)19-6-4-16(23-2)12-20-19/h3-6,11-12,14H,7-10,13H2,1-2H3/t14-/m0/s1. The number of benzene rings is 1. The summed E-state index contributed by atoms with van der Waals surface area (Å²) in [5.41, 5.74) is 1.26. The van der Waals surface area contributed by atoms with Crippen molar-refractivity contribution in [3.05, 3.63) is 42.1 Å². The third kappa shape index (κ3) is 3.22. The van der Waals surface area contributed by atoms with Crippen LogP contribution in [0.25, 0.3) is 0 Å². The van der Waals surface area contributed by atoms with Gasteiger partial charge < -0.3 is 19.1 Å². The van der Waals surface area contributed by atoms with Gasteiger partial charge in [-0.05, 0) is 36.8 Å². The number of pyridine rings is 1. The normalized spacial score (nSPS) is 18.2. The molecule has 25 heavy (non-hydrogen) atoms. The number of fused-ring (bicyclic) bond motifs is 1. The molecule has 1 saturated heterocycles. The molecule has 0 N–H and O–H groups in total. The number of aromatic nitrogens is 1. The molecule has 2 aliphatic heterocycles. The van der Waals surface area contributed by atoms with Gasteiger partial charge in [0.25, 0.3) is 0 Å². The van der Waals surface area contributed by atoms with Gasteiger partial charge in [-0.25, -0.2) is 4.98 Å². The highest BCUT2D eigenvalue weighted by Crippen LogP contribution is 2.35. The molecule has 0 amide bonds. The number of methoxy groups -OCH3 is 1. The summed E-state index contributed by atoms with van der Waals surface area (Å²) >= 11 is 0. The summed E-state index contributed by atoms with van der Waals surface area (Å²) < 4.78 is 16.1. The van der Waals surface area contributed by atoms with E-state index < -0.39 is 0 Å². The minimum Gasteiger partial charge on any atom is -0.495 e. The van der Waals surface area contributed by atoms with Crippen molar-refractivity contribution < 1.29 is 14.2 Å². The van der Waals surface area contributed by atoms with Crippen LogP contribution >= 0.6 is 0 Å². The Hall–Kier alpha value is -2.47. The van der Waals surface area contributed by atoms with Crippen molar-refractivity contribution in [3.8, 4) is 17.2 Å². The molecular weight excluding hydrogens is 318 g/mol. The Kier molecular flexibility index (Phi) is 4.36. The number of nitrogens with zero attached hydrogens (tertiary/aromatic N) is 3. The zero-order valence-electron chi connectivity index (χ0n) is 14.6. The lowest BCUT2D eigenvalue weighted by atomic mass is 10.1. The second-order valence-electron chi connectivity index (χ2n) is 6.37. The molecular formula is C19H23N3O3. The van der Waals surface area contributed by atoms with E-state index in [0.29, 0.717) is 12.8 Å². The van der Waals surface area contributed by atoms with Gasteiger partial charge in [-0.2, -0.15) is 0 Å². The summed E-state index contributed by atoms with van der Waals surface area (Å²) in [6.07, 6.45) is 1.77. The highest BCUT2D eigenvalue weighted by Gasteiger charge is 2.24. The van der Waals surface area contributed by atoms with Crippen molar-refractivity contribution in [1.82, 2.24) is 9.88 Å². The summed E-state index contributed by atoms with van der Waals surface area (Å²) in [4.78, 5) is 9.31. The van der Waals surface area contributed by atoms with Gasteiger partial charge in [0.1, 0.15) is 11.6 Å². The van der Waals surface area contributed by atoms with E-state index in [2.05, 4.69) is 33.8 Å². The summed E-state index contributed by atoms with van der Waals surface area (Å²) in [6.45, 7) is 6.51. The first kappa shape index (κ1) is 16.0. The summed E-state index contributed by atoms with van der Waals surface area (Å²) in [5, 5.41) is 0. The van der Waals surface area contributed by atoms with E-state index in [4.69, 9.17) is 14.2 Å². The molecule has 0 saturated carbocycles. The number of hydrogen-bond acceptors (Lipinski definition) is 6. The molecule has 1 aromatic carbocycles.